The van der Waals surface area contributed by atoms with Crippen LogP contribution in [0.1, 0.15) is 30.4 Å². The largest absolute Gasteiger partial charge is 0.398 e. The molecule has 1 fully saturated rings. The summed E-state index contributed by atoms with van der Waals surface area (Å²) in [6.45, 7) is 0. The van der Waals surface area contributed by atoms with E-state index in [-0.39, 0.29) is 6.04 Å². The zero-order chi connectivity index (χ0) is 15.5. The Kier molecular flexibility index (Phi) is 4.13. The van der Waals surface area contributed by atoms with Crippen LogP contribution in [0.25, 0.3) is 11.1 Å². The second kappa shape index (κ2) is 6.21. The molecule has 0 saturated heterocycles. The van der Waals surface area contributed by atoms with Gasteiger partial charge in [0.15, 0.2) is 0 Å². The van der Waals surface area contributed by atoms with Crippen LogP contribution in [0.15, 0.2) is 42.5 Å². The number of rotatable bonds is 5. The van der Waals surface area contributed by atoms with E-state index in [1.165, 1.54) is 18.4 Å². The summed E-state index contributed by atoms with van der Waals surface area (Å²) in [6, 6.07) is 16.4. The summed E-state index contributed by atoms with van der Waals surface area (Å²) in [5.74, 6) is 0.855. The molecule has 22 heavy (non-hydrogen) atoms. The monoisotopic (exact) mass is 291 g/mol. The molecule has 0 radical (unpaired) electrons. The number of hydrogen-bond donors (Lipinski definition) is 2. The topological polar surface area (TPSA) is 75.8 Å². The second-order valence-electron chi connectivity index (χ2n) is 6.26. The molecule has 3 rings (SSSR count). The molecule has 0 heterocycles. The molecule has 2 aromatic rings. The predicted octanol–water partition coefficient (Wildman–Crippen LogP) is 3.48. The number of hydrogen-bond acceptors (Lipinski definition) is 3. The lowest BCUT2D eigenvalue weighted by Crippen LogP contribution is -2.23. The van der Waals surface area contributed by atoms with Crippen molar-refractivity contribution >= 4 is 5.69 Å². The first-order chi connectivity index (χ1) is 10.7. The summed E-state index contributed by atoms with van der Waals surface area (Å²) in [5, 5.41) is 9.11. The maximum atomic E-state index is 9.11. The first-order valence-corrected chi connectivity index (χ1v) is 7.80. The van der Waals surface area contributed by atoms with Crippen LogP contribution < -0.4 is 11.5 Å². The van der Waals surface area contributed by atoms with Gasteiger partial charge in [0.25, 0.3) is 0 Å². The van der Waals surface area contributed by atoms with Crippen LogP contribution in [0.3, 0.4) is 0 Å². The van der Waals surface area contributed by atoms with Gasteiger partial charge in [0.05, 0.1) is 5.56 Å². The Morgan fingerprint density at radius 1 is 1.14 bits per heavy atom. The summed E-state index contributed by atoms with van der Waals surface area (Å²) in [6.07, 6.45) is 4.72. The molecular weight excluding hydrogens is 270 g/mol. The van der Waals surface area contributed by atoms with Gasteiger partial charge in [0.1, 0.15) is 6.07 Å². The fourth-order valence-corrected chi connectivity index (χ4v) is 2.88. The van der Waals surface area contributed by atoms with E-state index in [0.717, 1.165) is 29.9 Å². The number of anilines is 1. The molecule has 1 aliphatic rings. The maximum absolute atomic E-state index is 9.11. The molecule has 0 aromatic heterocycles. The second-order valence-corrected chi connectivity index (χ2v) is 6.26. The lowest BCUT2D eigenvalue weighted by atomic mass is 9.97. The van der Waals surface area contributed by atoms with E-state index in [9.17, 15) is 0 Å². The average Bonchev–Trinajstić information content (AvgIpc) is 3.31. The first kappa shape index (κ1) is 14.6. The van der Waals surface area contributed by atoms with Crippen molar-refractivity contribution in [2.24, 2.45) is 11.7 Å². The van der Waals surface area contributed by atoms with Gasteiger partial charge in [-0.2, -0.15) is 5.26 Å². The van der Waals surface area contributed by atoms with E-state index in [2.05, 4.69) is 30.3 Å². The SMILES string of the molecule is N#Cc1cc(-c2cccc(CC(N)CC3CC3)c2)ccc1N. The molecule has 1 saturated carbocycles. The van der Waals surface area contributed by atoms with Gasteiger partial charge in [-0.15, -0.1) is 0 Å². The van der Waals surface area contributed by atoms with Crippen molar-refractivity contribution < 1.29 is 0 Å². The fraction of sp³-hybridized carbons (Fsp3) is 0.316. The highest BCUT2D eigenvalue weighted by Crippen LogP contribution is 2.33. The van der Waals surface area contributed by atoms with Gasteiger partial charge < -0.3 is 11.5 Å². The van der Waals surface area contributed by atoms with E-state index >= 15 is 0 Å². The van der Waals surface area contributed by atoms with Crippen molar-refractivity contribution in [2.75, 3.05) is 5.73 Å². The van der Waals surface area contributed by atoms with Crippen molar-refractivity contribution in [1.82, 2.24) is 0 Å². The number of nitrogens with two attached hydrogens (primary N) is 2. The Balaban J connectivity index is 1.79. The minimum absolute atomic E-state index is 0.240. The van der Waals surface area contributed by atoms with Gasteiger partial charge >= 0.3 is 0 Å². The average molecular weight is 291 g/mol. The van der Waals surface area contributed by atoms with Crippen molar-refractivity contribution in [2.45, 2.75) is 31.7 Å². The van der Waals surface area contributed by atoms with Crippen molar-refractivity contribution in [3.8, 4) is 17.2 Å². The van der Waals surface area contributed by atoms with Gasteiger partial charge in [-0.1, -0.05) is 43.2 Å². The van der Waals surface area contributed by atoms with Crippen LogP contribution in [-0.4, -0.2) is 6.04 Å². The molecule has 1 aliphatic carbocycles. The summed E-state index contributed by atoms with van der Waals surface area (Å²) < 4.78 is 0. The summed E-state index contributed by atoms with van der Waals surface area (Å²) in [4.78, 5) is 0. The standard InChI is InChI=1S/C19H21N3/c20-12-17-11-16(6-7-19(17)22)15-3-1-2-14(8-15)10-18(21)9-13-4-5-13/h1-3,6-8,11,13,18H,4-5,9-10,21-22H2. The van der Waals surface area contributed by atoms with E-state index in [4.69, 9.17) is 16.7 Å². The highest BCUT2D eigenvalue weighted by Gasteiger charge is 2.23. The molecule has 3 nitrogen and oxygen atoms in total. The lowest BCUT2D eigenvalue weighted by Gasteiger charge is -2.12. The molecule has 0 aliphatic heterocycles. The molecule has 3 heteroatoms. The third-order valence-corrected chi connectivity index (χ3v) is 4.26. The Labute approximate surface area is 131 Å². The quantitative estimate of drug-likeness (QED) is 0.828. The minimum Gasteiger partial charge on any atom is -0.398 e. The fourth-order valence-electron chi connectivity index (χ4n) is 2.88. The van der Waals surface area contributed by atoms with Crippen LogP contribution in [0.5, 0.6) is 0 Å². The third-order valence-electron chi connectivity index (χ3n) is 4.26. The maximum Gasteiger partial charge on any atom is 0.101 e. The first-order valence-electron chi connectivity index (χ1n) is 7.80. The molecular formula is C19H21N3. The smallest absolute Gasteiger partial charge is 0.101 e. The van der Waals surface area contributed by atoms with Gasteiger partial charge in [0, 0.05) is 11.7 Å². The number of nitrogens with zero attached hydrogens (tertiary/aromatic N) is 1. The zero-order valence-corrected chi connectivity index (χ0v) is 12.6. The molecule has 0 spiro atoms. The van der Waals surface area contributed by atoms with E-state index in [0.29, 0.717) is 11.3 Å². The van der Waals surface area contributed by atoms with Crippen molar-refractivity contribution in [3.63, 3.8) is 0 Å². The number of benzene rings is 2. The van der Waals surface area contributed by atoms with Crippen LogP contribution in [0.2, 0.25) is 0 Å². The van der Waals surface area contributed by atoms with Crippen LogP contribution in [0.4, 0.5) is 5.69 Å². The van der Waals surface area contributed by atoms with Gasteiger partial charge in [-0.25, -0.2) is 0 Å². The minimum atomic E-state index is 0.240. The summed E-state index contributed by atoms with van der Waals surface area (Å²) in [7, 11) is 0. The molecule has 1 atom stereocenters. The van der Waals surface area contributed by atoms with E-state index < -0.39 is 0 Å². The third kappa shape index (κ3) is 3.47. The van der Waals surface area contributed by atoms with Crippen molar-refractivity contribution in [1.29, 1.82) is 5.26 Å². The molecule has 4 N–H and O–H groups in total. The molecule has 112 valence electrons. The van der Waals surface area contributed by atoms with Crippen molar-refractivity contribution in [3.05, 3.63) is 53.6 Å². The van der Waals surface area contributed by atoms with E-state index in [1.807, 2.05) is 12.1 Å². The van der Waals surface area contributed by atoms with E-state index in [1.54, 1.807) is 6.07 Å². The van der Waals surface area contributed by atoms with Gasteiger partial charge in [-0.3, -0.25) is 0 Å². The highest BCUT2D eigenvalue weighted by molar-refractivity contribution is 5.70. The highest BCUT2D eigenvalue weighted by atomic mass is 14.6. The Morgan fingerprint density at radius 2 is 1.91 bits per heavy atom. The number of nitrogen functional groups attached to an aromatic ring is 1. The summed E-state index contributed by atoms with van der Waals surface area (Å²) in [5.41, 5.74) is 16.4. The van der Waals surface area contributed by atoms with Gasteiger partial charge in [0.2, 0.25) is 0 Å². The molecule has 0 amide bonds. The Morgan fingerprint density at radius 3 is 2.64 bits per heavy atom. The van der Waals surface area contributed by atoms with Crippen LogP contribution in [0, 0.1) is 17.2 Å². The Bertz CT molecular complexity index is 711. The van der Waals surface area contributed by atoms with Gasteiger partial charge in [-0.05, 0) is 47.6 Å². The normalized spacial score (nSPS) is 15.3. The number of nitriles is 1. The predicted molar refractivity (Wildman–Crippen MR) is 90.0 cm³/mol. The summed E-state index contributed by atoms with van der Waals surface area (Å²) >= 11 is 0. The Hall–Kier alpha value is -2.31. The van der Waals surface area contributed by atoms with Crippen LogP contribution >= 0.6 is 0 Å². The lowest BCUT2D eigenvalue weighted by molar-refractivity contribution is 0.567. The molecule has 0 bridgehead atoms. The molecule has 2 aromatic carbocycles. The molecule has 1 unspecified atom stereocenters. The zero-order valence-electron chi connectivity index (χ0n) is 12.6. The van der Waals surface area contributed by atoms with Crippen LogP contribution in [-0.2, 0) is 6.42 Å².